The van der Waals surface area contributed by atoms with Gasteiger partial charge >= 0.3 is 0 Å². The lowest BCUT2D eigenvalue weighted by Gasteiger charge is -2.04. The van der Waals surface area contributed by atoms with E-state index >= 15 is 0 Å². The first-order chi connectivity index (χ1) is 12.4. The highest BCUT2D eigenvalue weighted by Crippen LogP contribution is 2.13. The normalized spacial score (nSPS) is 10.9. The van der Waals surface area contributed by atoms with Crippen molar-refractivity contribution in [3.05, 3.63) is 60.2 Å². The number of pyridine rings is 2. The third kappa shape index (κ3) is 10.0. The Morgan fingerprint density at radius 1 is 0.400 bits per heavy atom. The average Bonchev–Trinajstić information content (AvgIpc) is 2.67. The highest BCUT2D eigenvalue weighted by Gasteiger charge is 1.96. The monoisotopic (exact) mass is 338 g/mol. The maximum absolute atomic E-state index is 4.07. The maximum atomic E-state index is 4.07. The lowest BCUT2D eigenvalue weighted by Crippen LogP contribution is -1.87. The Labute approximate surface area is 154 Å². The van der Waals surface area contributed by atoms with Crippen LogP contribution in [0.5, 0.6) is 0 Å². The fourth-order valence-electron chi connectivity index (χ4n) is 3.35. The maximum Gasteiger partial charge on any atom is 0.0270 e. The molecule has 2 heterocycles. The van der Waals surface area contributed by atoms with Gasteiger partial charge in [0.05, 0.1) is 0 Å². The van der Waals surface area contributed by atoms with Crippen LogP contribution in [0.3, 0.4) is 0 Å². The Morgan fingerprint density at radius 3 is 1.00 bits per heavy atom. The molecule has 0 unspecified atom stereocenters. The van der Waals surface area contributed by atoms with Crippen molar-refractivity contribution in [3.8, 4) is 0 Å². The van der Waals surface area contributed by atoms with Crippen LogP contribution in [0.15, 0.2) is 49.1 Å². The van der Waals surface area contributed by atoms with Crippen molar-refractivity contribution < 1.29 is 0 Å². The molecule has 0 aromatic carbocycles. The summed E-state index contributed by atoms with van der Waals surface area (Å²) in [5.74, 6) is 0. The molecule has 136 valence electrons. The highest BCUT2D eigenvalue weighted by atomic mass is 14.6. The van der Waals surface area contributed by atoms with Gasteiger partial charge in [0.2, 0.25) is 0 Å². The van der Waals surface area contributed by atoms with Crippen LogP contribution in [0.4, 0.5) is 0 Å². The first-order valence-electron chi connectivity index (χ1n) is 10.2. The molecule has 25 heavy (non-hydrogen) atoms. The Balaban J connectivity index is 1.30. The molecule has 0 fully saturated rings. The molecule has 0 amide bonds. The smallest absolute Gasteiger partial charge is 0.0270 e. The van der Waals surface area contributed by atoms with Crippen LogP contribution in [0.1, 0.15) is 81.8 Å². The van der Waals surface area contributed by atoms with E-state index in [2.05, 4.69) is 34.2 Å². The summed E-state index contributed by atoms with van der Waals surface area (Å²) in [7, 11) is 0. The molecule has 0 radical (unpaired) electrons. The van der Waals surface area contributed by atoms with Gasteiger partial charge in [0, 0.05) is 24.8 Å². The topological polar surface area (TPSA) is 25.8 Å². The van der Waals surface area contributed by atoms with E-state index in [4.69, 9.17) is 0 Å². The minimum atomic E-state index is 1.21. The van der Waals surface area contributed by atoms with Crippen molar-refractivity contribution in [2.75, 3.05) is 0 Å². The van der Waals surface area contributed by atoms with Gasteiger partial charge in [-0.2, -0.15) is 0 Å². The van der Waals surface area contributed by atoms with Crippen LogP contribution in [0.25, 0.3) is 0 Å². The Bertz CT molecular complexity index is 475. The molecule has 2 nitrogen and oxygen atoms in total. The van der Waals surface area contributed by atoms with Gasteiger partial charge in [0.25, 0.3) is 0 Å². The first-order valence-corrected chi connectivity index (χ1v) is 10.2. The number of nitrogens with zero attached hydrogens (tertiary/aromatic N) is 2. The van der Waals surface area contributed by atoms with Crippen LogP contribution in [0, 0.1) is 0 Å². The summed E-state index contributed by atoms with van der Waals surface area (Å²) in [6.07, 6.45) is 25.3. The van der Waals surface area contributed by atoms with Crippen molar-refractivity contribution in [3.63, 3.8) is 0 Å². The standard InChI is InChI=1S/C23H34N2/c1(2-4-6-8-10-12-22-14-18-24-19-15-22)3-5-7-9-11-13-23-16-20-25-21-17-23/h14-21H,1-13H2. The van der Waals surface area contributed by atoms with Gasteiger partial charge in [0.1, 0.15) is 0 Å². The van der Waals surface area contributed by atoms with E-state index in [0.717, 1.165) is 0 Å². The minimum Gasteiger partial charge on any atom is -0.265 e. The molecule has 0 saturated heterocycles. The number of rotatable bonds is 14. The molecule has 2 rings (SSSR count). The Kier molecular flexibility index (Phi) is 10.7. The molecular weight excluding hydrogens is 304 g/mol. The second-order valence-electron chi connectivity index (χ2n) is 7.10. The molecule has 2 aromatic rings. The summed E-state index contributed by atoms with van der Waals surface area (Å²) in [5.41, 5.74) is 2.86. The van der Waals surface area contributed by atoms with E-state index in [1.807, 2.05) is 24.8 Å². The number of hydrogen-bond acceptors (Lipinski definition) is 2. The second kappa shape index (κ2) is 13.6. The van der Waals surface area contributed by atoms with Crippen molar-refractivity contribution >= 4 is 0 Å². The van der Waals surface area contributed by atoms with Gasteiger partial charge in [0.15, 0.2) is 0 Å². The number of aromatic nitrogens is 2. The molecule has 0 N–H and O–H groups in total. The van der Waals surface area contributed by atoms with Crippen molar-refractivity contribution in [2.24, 2.45) is 0 Å². The molecule has 0 spiro atoms. The largest absolute Gasteiger partial charge is 0.265 e. The van der Waals surface area contributed by atoms with Crippen LogP contribution < -0.4 is 0 Å². The summed E-state index contributed by atoms with van der Waals surface area (Å²) in [5, 5.41) is 0. The number of aryl methyl sites for hydroxylation is 2. The first kappa shape index (κ1) is 19.6. The lowest BCUT2D eigenvalue weighted by molar-refractivity contribution is 0.545. The third-order valence-corrected chi connectivity index (χ3v) is 4.93. The highest BCUT2D eigenvalue weighted by molar-refractivity contribution is 5.10. The molecule has 0 bridgehead atoms. The minimum absolute atomic E-state index is 1.21. The van der Waals surface area contributed by atoms with Gasteiger partial charge in [-0.15, -0.1) is 0 Å². The van der Waals surface area contributed by atoms with Crippen molar-refractivity contribution in [2.45, 2.75) is 83.5 Å². The van der Waals surface area contributed by atoms with Gasteiger partial charge in [-0.3, -0.25) is 9.97 Å². The molecule has 0 aliphatic carbocycles. The molecule has 2 heteroatoms. The van der Waals surface area contributed by atoms with Crippen molar-refractivity contribution in [1.82, 2.24) is 9.97 Å². The molecule has 0 aliphatic rings. The zero-order chi connectivity index (χ0) is 17.4. The van der Waals surface area contributed by atoms with Gasteiger partial charge < -0.3 is 0 Å². The predicted octanol–water partition coefficient (Wildman–Crippen LogP) is 6.55. The SMILES string of the molecule is c1cc(CCCCCCCCCCCCCc2ccncc2)ccn1. The zero-order valence-electron chi connectivity index (χ0n) is 15.7. The number of hydrogen-bond donors (Lipinski definition) is 0. The summed E-state index contributed by atoms with van der Waals surface area (Å²) in [4.78, 5) is 8.13. The van der Waals surface area contributed by atoms with E-state index in [1.165, 1.54) is 94.6 Å². The van der Waals surface area contributed by atoms with Gasteiger partial charge in [-0.05, 0) is 61.1 Å². The lowest BCUT2D eigenvalue weighted by atomic mass is 10.0. The van der Waals surface area contributed by atoms with E-state index in [-0.39, 0.29) is 0 Å². The predicted molar refractivity (Wildman–Crippen MR) is 107 cm³/mol. The zero-order valence-corrected chi connectivity index (χ0v) is 15.7. The van der Waals surface area contributed by atoms with Crippen LogP contribution in [-0.2, 0) is 12.8 Å². The number of unbranched alkanes of at least 4 members (excludes halogenated alkanes) is 10. The molecule has 0 saturated carbocycles. The Hall–Kier alpha value is -1.70. The van der Waals surface area contributed by atoms with E-state index < -0.39 is 0 Å². The van der Waals surface area contributed by atoms with Gasteiger partial charge in [-0.1, -0.05) is 57.8 Å². The molecule has 2 aromatic heterocycles. The summed E-state index contributed by atoms with van der Waals surface area (Å²) >= 11 is 0. The molecular formula is C23H34N2. The Morgan fingerprint density at radius 2 is 0.680 bits per heavy atom. The average molecular weight is 339 g/mol. The quantitative estimate of drug-likeness (QED) is 0.365. The second-order valence-corrected chi connectivity index (χ2v) is 7.10. The van der Waals surface area contributed by atoms with E-state index in [0.29, 0.717) is 0 Å². The van der Waals surface area contributed by atoms with Crippen LogP contribution in [-0.4, -0.2) is 9.97 Å². The van der Waals surface area contributed by atoms with E-state index in [1.54, 1.807) is 0 Å². The third-order valence-electron chi connectivity index (χ3n) is 4.93. The van der Waals surface area contributed by atoms with Gasteiger partial charge in [-0.25, -0.2) is 0 Å². The van der Waals surface area contributed by atoms with Crippen LogP contribution >= 0.6 is 0 Å². The molecule has 0 atom stereocenters. The fraction of sp³-hybridized carbons (Fsp3) is 0.565. The fourth-order valence-corrected chi connectivity index (χ4v) is 3.35. The van der Waals surface area contributed by atoms with Crippen LogP contribution in [0.2, 0.25) is 0 Å². The summed E-state index contributed by atoms with van der Waals surface area (Å²) in [6, 6.07) is 8.54. The summed E-state index contributed by atoms with van der Waals surface area (Å²) in [6.45, 7) is 0. The molecule has 0 aliphatic heterocycles. The van der Waals surface area contributed by atoms with E-state index in [9.17, 15) is 0 Å². The summed E-state index contributed by atoms with van der Waals surface area (Å²) < 4.78 is 0. The van der Waals surface area contributed by atoms with Crippen molar-refractivity contribution in [1.29, 1.82) is 0 Å².